The van der Waals surface area contributed by atoms with E-state index in [1.807, 2.05) is 48.5 Å². The first-order valence-electron chi connectivity index (χ1n) is 12.0. The smallest absolute Gasteiger partial charge is 0.344 e. The van der Waals surface area contributed by atoms with Crippen LogP contribution in [-0.4, -0.2) is 30.2 Å². The number of methoxy groups -OCH3 is 1. The van der Waals surface area contributed by atoms with E-state index in [1.165, 1.54) is 6.21 Å². The van der Waals surface area contributed by atoms with Crippen LogP contribution in [0.5, 0.6) is 11.5 Å². The van der Waals surface area contributed by atoms with Gasteiger partial charge in [0.05, 0.1) is 35.7 Å². The van der Waals surface area contributed by atoms with E-state index in [9.17, 15) is 9.59 Å². The average molecular weight is 580 g/mol. The molecule has 1 aromatic heterocycles. The van der Waals surface area contributed by atoms with E-state index in [0.29, 0.717) is 49.3 Å². The van der Waals surface area contributed by atoms with Gasteiger partial charge in [0, 0.05) is 15.4 Å². The molecule has 7 nitrogen and oxygen atoms in total. The molecule has 0 aliphatic rings. The Hall–Kier alpha value is -4.82. The fourth-order valence-electron chi connectivity index (χ4n) is 3.91. The van der Waals surface area contributed by atoms with Crippen molar-refractivity contribution in [2.24, 2.45) is 5.10 Å². The number of rotatable bonds is 7. The van der Waals surface area contributed by atoms with Gasteiger partial charge in [-0.15, -0.1) is 0 Å². The summed E-state index contributed by atoms with van der Waals surface area (Å²) in [6.07, 6.45) is 1.51. The second-order valence-electron chi connectivity index (χ2n) is 8.44. The Bertz CT molecular complexity index is 1690. The second-order valence-corrected chi connectivity index (χ2v) is 9.30. The van der Waals surface area contributed by atoms with Crippen LogP contribution in [0.1, 0.15) is 26.3 Å². The molecule has 8 heteroatoms. The molecular formula is C31H22BrN3O4. The molecule has 1 N–H and O–H groups in total. The molecule has 1 amide bonds. The molecule has 4 aromatic carbocycles. The number of hydrogen-bond acceptors (Lipinski definition) is 6. The van der Waals surface area contributed by atoms with Gasteiger partial charge in [-0.2, -0.15) is 5.10 Å². The van der Waals surface area contributed by atoms with Gasteiger partial charge in [0.2, 0.25) is 0 Å². The number of aromatic nitrogens is 1. The van der Waals surface area contributed by atoms with Crippen LogP contribution in [0.2, 0.25) is 0 Å². The van der Waals surface area contributed by atoms with E-state index in [2.05, 4.69) is 26.5 Å². The molecule has 5 aromatic rings. The van der Waals surface area contributed by atoms with Crippen molar-refractivity contribution in [3.8, 4) is 22.8 Å². The quantitative estimate of drug-likeness (QED) is 0.101. The fourth-order valence-corrected chi connectivity index (χ4v) is 4.36. The number of carbonyl (C=O) groups is 2. The third kappa shape index (κ3) is 6.02. The van der Waals surface area contributed by atoms with Gasteiger partial charge in [0.1, 0.15) is 11.5 Å². The third-order valence-corrected chi connectivity index (χ3v) is 6.59. The highest BCUT2D eigenvalue weighted by atomic mass is 79.9. The minimum Gasteiger partial charge on any atom is -0.497 e. The number of esters is 1. The summed E-state index contributed by atoms with van der Waals surface area (Å²) >= 11 is 3.35. The minimum atomic E-state index is -0.466. The van der Waals surface area contributed by atoms with Crippen molar-refractivity contribution in [3.63, 3.8) is 0 Å². The standard InChI is InChI=1S/C31H22BrN3O4/c1-38-23-15-16-28-25(17-23)26(18-29(34-28)21-7-3-2-4-8-21)30(36)35-33-19-20-11-13-22(14-12-20)39-31(37)24-9-5-6-10-27(24)32/h2-19H,1H3,(H,35,36). The zero-order valence-corrected chi connectivity index (χ0v) is 22.4. The van der Waals surface area contributed by atoms with Crippen LogP contribution >= 0.6 is 15.9 Å². The van der Waals surface area contributed by atoms with Gasteiger partial charge in [-0.25, -0.2) is 15.2 Å². The lowest BCUT2D eigenvalue weighted by Crippen LogP contribution is -2.18. The number of nitrogens with one attached hydrogen (secondary N) is 1. The van der Waals surface area contributed by atoms with Gasteiger partial charge < -0.3 is 9.47 Å². The van der Waals surface area contributed by atoms with E-state index >= 15 is 0 Å². The van der Waals surface area contributed by atoms with Crippen molar-refractivity contribution >= 4 is 44.9 Å². The molecule has 0 aliphatic heterocycles. The van der Waals surface area contributed by atoms with Crippen LogP contribution in [0.15, 0.2) is 113 Å². The maximum Gasteiger partial charge on any atom is 0.344 e. The Labute approximate surface area is 233 Å². The molecule has 0 radical (unpaired) electrons. The number of amides is 1. The van der Waals surface area contributed by atoms with Crippen LogP contribution in [0, 0.1) is 0 Å². The number of benzene rings is 4. The molecule has 1 heterocycles. The third-order valence-electron chi connectivity index (χ3n) is 5.89. The van der Waals surface area contributed by atoms with Crippen molar-refractivity contribution in [2.45, 2.75) is 0 Å². The van der Waals surface area contributed by atoms with E-state index in [-0.39, 0.29) is 5.91 Å². The first kappa shape index (κ1) is 25.8. The Balaban J connectivity index is 1.32. The van der Waals surface area contributed by atoms with Crippen LogP contribution in [0.3, 0.4) is 0 Å². The molecule has 0 atom stereocenters. The molecule has 0 fully saturated rings. The predicted molar refractivity (Wildman–Crippen MR) is 154 cm³/mol. The number of halogens is 1. The first-order valence-corrected chi connectivity index (χ1v) is 12.8. The molecule has 0 saturated carbocycles. The van der Waals surface area contributed by atoms with Crippen LogP contribution < -0.4 is 14.9 Å². The minimum absolute atomic E-state index is 0.386. The van der Waals surface area contributed by atoms with E-state index in [4.69, 9.17) is 14.5 Å². The van der Waals surface area contributed by atoms with Crippen molar-refractivity contribution in [1.82, 2.24) is 10.4 Å². The van der Waals surface area contributed by atoms with E-state index in [1.54, 1.807) is 61.7 Å². The predicted octanol–water partition coefficient (Wildman–Crippen LogP) is 6.66. The summed E-state index contributed by atoms with van der Waals surface area (Å²) in [6.45, 7) is 0. The lowest BCUT2D eigenvalue weighted by molar-refractivity contribution is 0.0733. The number of pyridine rings is 1. The van der Waals surface area contributed by atoms with Gasteiger partial charge in [-0.1, -0.05) is 42.5 Å². The van der Waals surface area contributed by atoms with Crippen LogP contribution in [-0.2, 0) is 0 Å². The summed E-state index contributed by atoms with van der Waals surface area (Å²) in [5, 5.41) is 4.78. The lowest BCUT2D eigenvalue weighted by atomic mass is 10.0. The molecule has 0 aliphatic carbocycles. The first-order chi connectivity index (χ1) is 19.0. The van der Waals surface area contributed by atoms with Crippen molar-refractivity contribution in [3.05, 3.63) is 124 Å². The highest BCUT2D eigenvalue weighted by Gasteiger charge is 2.15. The second kappa shape index (κ2) is 11.7. The Morgan fingerprint density at radius 2 is 1.56 bits per heavy atom. The molecule has 0 bridgehead atoms. The topological polar surface area (TPSA) is 89.9 Å². The molecule has 0 unspecified atom stereocenters. The number of ether oxygens (including phenoxy) is 2. The average Bonchev–Trinajstić information content (AvgIpc) is 2.97. The SMILES string of the molecule is COc1ccc2nc(-c3ccccc3)cc(C(=O)NN=Cc3ccc(OC(=O)c4ccccc4Br)cc3)c2c1. The fraction of sp³-hybridized carbons (Fsp3) is 0.0323. The van der Waals surface area contributed by atoms with Crippen molar-refractivity contribution < 1.29 is 19.1 Å². The molecule has 192 valence electrons. The summed E-state index contributed by atoms with van der Waals surface area (Å²) in [4.78, 5) is 30.4. The van der Waals surface area contributed by atoms with Crippen molar-refractivity contribution in [2.75, 3.05) is 7.11 Å². The zero-order chi connectivity index (χ0) is 27.2. The normalized spacial score (nSPS) is 10.9. The molecule has 0 saturated heterocycles. The molecule has 39 heavy (non-hydrogen) atoms. The van der Waals surface area contributed by atoms with Gasteiger partial charge in [0.15, 0.2) is 0 Å². The maximum absolute atomic E-state index is 13.2. The number of hydrogen-bond donors (Lipinski definition) is 1. The Morgan fingerprint density at radius 3 is 2.31 bits per heavy atom. The van der Waals surface area contributed by atoms with Gasteiger partial charge >= 0.3 is 5.97 Å². The highest BCUT2D eigenvalue weighted by molar-refractivity contribution is 9.10. The number of carbonyl (C=O) groups excluding carboxylic acids is 2. The monoisotopic (exact) mass is 579 g/mol. The number of nitrogens with zero attached hydrogens (tertiary/aromatic N) is 2. The van der Waals surface area contributed by atoms with Gasteiger partial charge in [-0.05, 0) is 82.2 Å². The lowest BCUT2D eigenvalue weighted by Gasteiger charge is -2.10. The number of hydrazone groups is 1. The zero-order valence-electron chi connectivity index (χ0n) is 20.8. The summed E-state index contributed by atoms with van der Waals surface area (Å²) in [7, 11) is 1.57. The van der Waals surface area contributed by atoms with Gasteiger partial charge in [0.25, 0.3) is 5.91 Å². The summed E-state index contributed by atoms with van der Waals surface area (Å²) in [6, 6.07) is 30.7. The van der Waals surface area contributed by atoms with Gasteiger partial charge in [-0.3, -0.25) is 4.79 Å². The van der Waals surface area contributed by atoms with E-state index < -0.39 is 5.97 Å². The molecular weight excluding hydrogens is 558 g/mol. The molecule has 0 spiro atoms. The Kier molecular flexibility index (Phi) is 7.75. The largest absolute Gasteiger partial charge is 0.497 e. The van der Waals surface area contributed by atoms with E-state index in [0.717, 1.165) is 5.56 Å². The van der Waals surface area contributed by atoms with Crippen molar-refractivity contribution in [1.29, 1.82) is 0 Å². The van der Waals surface area contributed by atoms with Crippen LogP contribution in [0.25, 0.3) is 22.2 Å². The summed E-state index contributed by atoms with van der Waals surface area (Å²) in [5.74, 6) is 0.160. The molecule has 5 rings (SSSR count). The summed E-state index contributed by atoms with van der Waals surface area (Å²) in [5.41, 5.74) is 6.40. The highest BCUT2D eigenvalue weighted by Crippen LogP contribution is 2.28. The summed E-state index contributed by atoms with van der Waals surface area (Å²) < 4.78 is 11.5. The number of fused-ring (bicyclic) bond motifs is 1. The van der Waals surface area contributed by atoms with Crippen LogP contribution in [0.4, 0.5) is 0 Å². The maximum atomic E-state index is 13.2. The Morgan fingerprint density at radius 1 is 0.846 bits per heavy atom.